The van der Waals surface area contributed by atoms with Gasteiger partial charge in [-0.25, -0.2) is 0 Å². The Morgan fingerprint density at radius 2 is 1.39 bits per heavy atom. The summed E-state index contributed by atoms with van der Waals surface area (Å²) in [5, 5.41) is 1.19. The van der Waals surface area contributed by atoms with E-state index in [1.807, 2.05) is 45.9 Å². The largest absolute Gasteiger partial charge is 0.490 e. The standard InChI is InChI=1S/C24H30BF3O2Si/c1-17(25-29-22(2,3)23(4,5)30-25)21(31(6,7)20-11-9-8-10-12-20)18-13-15-19(16-14-18)24(26,27)28/h8-16,21H,1H2,2-7H3/t21-/m0/s1. The molecule has 166 valence electrons. The third-order valence-corrected chi connectivity index (χ3v) is 10.7. The summed E-state index contributed by atoms with van der Waals surface area (Å²) in [4.78, 5) is 0. The third-order valence-electron chi connectivity index (χ3n) is 6.74. The SMILES string of the molecule is C=C(B1OC(C)(C)C(C)(C)O1)[C@@H](c1ccc(C(F)(F)F)cc1)[Si](C)(C)c1ccccc1. The van der Waals surface area contributed by atoms with Crippen LogP contribution >= 0.6 is 0 Å². The second kappa shape index (κ2) is 7.94. The number of benzene rings is 2. The van der Waals surface area contributed by atoms with Gasteiger partial charge in [-0.15, -0.1) is 6.58 Å². The molecule has 0 spiro atoms. The molecule has 0 saturated carbocycles. The number of alkyl halides is 3. The van der Waals surface area contributed by atoms with Crippen molar-refractivity contribution in [3.8, 4) is 0 Å². The van der Waals surface area contributed by atoms with Crippen molar-refractivity contribution in [2.75, 3.05) is 0 Å². The van der Waals surface area contributed by atoms with Crippen LogP contribution in [0.25, 0.3) is 0 Å². The molecule has 2 nitrogen and oxygen atoms in total. The second-order valence-corrected chi connectivity index (χ2v) is 14.4. The van der Waals surface area contributed by atoms with Gasteiger partial charge in [-0.2, -0.15) is 13.2 Å². The van der Waals surface area contributed by atoms with Crippen molar-refractivity contribution in [2.24, 2.45) is 0 Å². The van der Waals surface area contributed by atoms with E-state index in [4.69, 9.17) is 9.31 Å². The summed E-state index contributed by atoms with van der Waals surface area (Å²) in [6.07, 6.45) is -4.37. The van der Waals surface area contributed by atoms with Crippen molar-refractivity contribution in [3.05, 3.63) is 77.8 Å². The molecule has 2 aromatic rings. The van der Waals surface area contributed by atoms with Gasteiger partial charge in [0, 0.05) is 5.54 Å². The average Bonchev–Trinajstić information content (AvgIpc) is 2.89. The molecule has 0 aromatic heterocycles. The molecule has 1 saturated heterocycles. The van der Waals surface area contributed by atoms with Gasteiger partial charge in [0.2, 0.25) is 0 Å². The van der Waals surface area contributed by atoms with Crippen molar-refractivity contribution in [1.82, 2.24) is 0 Å². The molecule has 0 unspecified atom stereocenters. The molecule has 0 amide bonds. The molecular formula is C24H30BF3O2Si. The first-order valence-corrected chi connectivity index (χ1v) is 13.5. The number of halogens is 3. The minimum atomic E-state index is -4.37. The van der Waals surface area contributed by atoms with Crippen LogP contribution in [-0.4, -0.2) is 26.4 Å². The second-order valence-electron chi connectivity index (χ2n) is 9.80. The number of hydrogen-bond acceptors (Lipinski definition) is 2. The molecule has 1 atom stereocenters. The fraction of sp³-hybridized carbons (Fsp3) is 0.417. The smallest absolute Gasteiger partial charge is 0.400 e. The molecule has 7 heteroatoms. The van der Waals surface area contributed by atoms with Gasteiger partial charge < -0.3 is 9.31 Å². The zero-order valence-electron chi connectivity index (χ0n) is 19.0. The summed E-state index contributed by atoms with van der Waals surface area (Å²) >= 11 is 0. The van der Waals surface area contributed by atoms with Gasteiger partial charge in [0.25, 0.3) is 0 Å². The molecule has 1 aliphatic rings. The minimum Gasteiger partial charge on any atom is -0.400 e. The fourth-order valence-electron chi connectivity index (χ4n) is 4.12. The van der Waals surface area contributed by atoms with E-state index in [0.29, 0.717) is 0 Å². The van der Waals surface area contributed by atoms with Crippen LogP contribution in [0.3, 0.4) is 0 Å². The molecule has 1 aliphatic heterocycles. The molecule has 0 bridgehead atoms. The monoisotopic (exact) mass is 446 g/mol. The Labute approximate surface area is 184 Å². The van der Waals surface area contributed by atoms with Crippen molar-refractivity contribution >= 4 is 20.4 Å². The summed E-state index contributed by atoms with van der Waals surface area (Å²) in [6, 6.07) is 15.6. The van der Waals surface area contributed by atoms with Crippen LogP contribution in [0.15, 0.2) is 66.6 Å². The Morgan fingerprint density at radius 3 is 1.84 bits per heavy atom. The molecule has 0 N–H and O–H groups in total. The highest BCUT2D eigenvalue weighted by Crippen LogP contribution is 2.43. The first-order chi connectivity index (χ1) is 14.2. The lowest BCUT2D eigenvalue weighted by atomic mass is 9.75. The maximum atomic E-state index is 13.1. The lowest BCUT2D eigenvalue weighted by Crippen LogP contribution is -2.50. The van der Waals surface area contributed by atoms with Gasteiger partial charge in [0.1, 0.15) is 0 Å². The van der Waals surface area contributed by atoms with E-state index in [0.717, 1.165) is 23.2 Å². The highest BCUT2D eigenvalue weighted by atomic mass is 28.3. The molecular weight excluding hydrogens is 416 g/mol. The van der Waals surface area contributed by atoms with E-state index in [1.165, 1.54) is 5.19 Å². The maximum absolute atomic E-state index is 13.1. The molecule has 1 fully saturated rings. The Kier molecular flexibility index (Phi) is 6.11. The van der Waals surface area contributed by atoms with Crippen LogP contribution in [-0.2, 0) is 15.5 Å². The minimum absolute atomic E-state index is 0.188. The quantitative estimate of drug-likeness (QED) is 0.515. The lowest BCUT2D eigenvalue weighted by Gasteiger charge is -2.36. The van der Waals surface area contributed by atoms with Gasteiger partial charge in [-0.3, -0.25) is 0 Å². The summed E-state index contributed by atoms with van der Waals surface area (Å²) in [6.45, 7) is 16.7. The first kappa shape index (κ1) is 23.8. The first-order valence-electron chi connectivity index (χ1n) is 10.4. The van der Waals surface area contributed by atoms with E-state index in [2.05, 4.69) is 31.8 Å². The zero-order valence-corrected chi connectivity index (χ0v) is 20.0. The highest BCUT2D eigenvalue weighted by molar-refractivity contribution is 6.92. The summed E-state index contributed by atoms with van der Waals surface area (Å²) in [7, 11) is -2.91. The molecule has 2 aromatic carbocycles. The van der Waals surface area contributed by atoms with Gasteiger partial charge in [-0.1, -0.05) is 60.7 Å². The van der Waals surface area contributed by atoms with Crippen LogP contribution in [0, 0.1) is 0 Å². The third kappa shape index (κ3) is 4.54. The predicted molar refractivity (Wildman–Crippen MR) is 123 cm³/mol. The molecule has 0 radical (unpaired) electrons. The van der Waals surface area contributed by atoms with Crippen molar-refractivity contribution in [2.45, 2.75) is 63.7 Å². The normalized spacial score (nSPS) is 19.3. The number of rotatable bonds is 5. The van der Waals surface area contributed by atoms with Gasteiger partial charge in [-0.05, 0) is 50.9 Å². The van der Waals surface area contributed by atoms with E-state index in [-0.39, 0.29) is 5.54 Å². The number of hydrogen-bond donors (Lipinski definition) is 0. The zero-order chi connectivity index (χ0) is 23.2. The van der Waals surface area contributed by atoms with E-state index < -0.39 is 38.1 Å². The Hall–Kier alpha value is -1.83. The van der Waals surface area contributed by atoms with Gasteiger partial charge >= 0.3 is 13.3 Å². The van der Waals surface area contributed by atoms with Crippen LogP contribution in [0.1, 0.15) is 44.4 Å². The molecule has 31 heavy (non-hydrogen) atoms. The summed E-state index contributed by atoms with van der Waals surface area (Å²) in [5.74, 6) is 0. The van der Waals surface area contributed by atoms with Crippen LogP contribution in [0.2, 0.25) is 13.1 Å². The van der Waals surface area contributed by atoms with Crippen LogP contribution in [0.5, 0.6) is 0 Å². The van der Waals surface area contributed by atoms with E-state index in [9.17, 15) is 13.2 Å². The number of allylic oxidation sites excluding steroid dienone is 1. The maximum Gasteiger partial charge on any atom is 0.490 e. The van der Waals surface area contributed by atoms with E-state index >= 15 is 0 Å². The molecule has 3 rings (SSSR count). The summed E-state index contributed by atoms with van der Waals surface area (Å²) < 4.78 is 52.0. The highest BCUT2D eigenvalue weighted by Gasteiger charge is 2.54. The fourth-order valence-corrected chi connectivity index (χ4v) is 7.60. The topological polar surface area (TPSA) is 18.5 Å². The Bertz CT molecular complexity index is 922. The lowest BCUT2D eigenvalue weighted by molar-refractivity contribution is -0.137. The van der Waals surface area contributed by atoms with Crippen molar-refractivity contribution < 1.29 is 22.5 Å². The molecule has 0 aliphatic carbocycles. The summed E-state index contributed by atoms with van der Waals surface area (Å²) in [5.41, 5.74) is -0.345. The van der Waals surface area contributed by atoms with Crippen LogP contribution in [0.4, 0.5) is 13.2 Å². The Balaban J connectivity index is 2.06. The van der Waals surface area contributed by atoms with E-state index in [1.54, 1.807) is 12.1 Å². The van der Waals surface area contributed by atoms with Crippen molar-refractivity contribution in [3.63, 3.8) is 0 Å². The van der Waals surface area contributed by atoms with Crippen LogP contribution < -0.4 is 5.19 Å². The van der Waals surface area contributed by atoms with Gasteiger partial charge in [0.05, 0.1) is 24.8 Å². The van der Waals surface area contributed by atoms with Gasteiger partial charge in [0.15, 0.2) is 0 Å². The van der Waals surface area contributed by atoms with Crippen molar-refractivity contribution in [1.29, 1.82) is 0 Å². The Morgan fingerprint density at radius 1 is 0.903 bits per heavy atom. The molecule has 1 heterocycles. The average molecular weight is 446 g/mol. The predicted octanol–water partition coefficient (Wildman–Crippen LogP) is 6.13.